The Kier molecular flexibility index (Phi) is 4.17. The van der Waals surface area contributed by atoms with Gasteiger partial charge in [-0.3, -0.25) is 9.59 Å². The van der Waals surface area contributed by atoms with Gasteiger partial charge in [-0.25, -0.2) is 0 Å². The van der Waals surface area contributed by atoms with Crippen molar-refractivity contribution in [2.24, 2.45) is 11.3 Å². The van der Waals surface area contributed by atoms with E-state index in [-0.39, 0.29) is 17.7 Å². The van der Waals surface area contributed by atoms with Crippen LogP contribution in [0, 0.1) is 11.3 Å². The van der Waals surface area contributed by atoms with E-state index in [4.69, 9.17) is 0 Å². The lowest BCUT2D eigenvalue weighted by atomic mass is 9.95. The summed E-state index contributed by atoms with van der Waals surface area (Å²) in [5, 5.41) is 2.97. The third-order valence-electron chi connectivity index (χ3n) is 4.88. The molecule has 0 atom stereocenters. The molecule has 1 aliphatic carbocycles. The van der Waals surface area contributed by atoms with Gasteiger partial charge >= 0.3 is 0 Å². The number of nitrogens with zero attached hydrogens (tertiary/aromatic N) is 1. The summed E-state index contributed by atoms with van der Waals surface area (Å²) in [6.45, 7) is 6.47. The first-order valence-corrected chi connectivity index (χ1v) is 8.62. The second-order valence-electron chi connectivity index (χ2n) is 7.77. The maximum atomic E-state index is 12.7. The van der Waals surface area contributed by atoms with E-state index >= 15 is 0 Å². The molecule has 0 bridgehead atoms. The van der Waals surface area contributed by atoms with Crippen molar-refractivity contribution in [3.8, 4) is 0 Å². The Morgan fingerprint density at radius 1 is 1.17 bits per heavy atom. The van der Waals surface area contributed by atoms with Crippen LogP contribution in [-0.2, 0) is 16.0 Å². The van der Waals surface area contributed by atoms with Crippen molar-refractivity contribution >= 4 is 23.2 Å². The molecule has 23 heavy (non-hydrogen) atoms. The Hall–Kier alpha value is -1.84. The summed E-state index contributed by atoms with van der Waals surface area (Å²) in [5.74, 6) is 0.503. The van der Waals surface area contributed by atoms with E-state index in [1.54, 1.807) is 0 Å². The third-order valence-corrected chi connectivity index (χ3v) is 4.88. The van der Waals surface area contributed by atoms with Crippen LogP contribution in [-0.4, -0.2) is 18.4 Å². The molecule has 0 unspecified atom stereocenters. The van der Waals surface area contributed by atoms with Crippen LogP contribution in [0.2, 0.25) is 0 Å². The van der Waals surface area contributed by atoms with Gasteiger partial charge in [-0.2, -0.15) is 0 Å². The van der Waals surface area contributed by atoms with Crippen LogP contribution in [0.15, 0.2) is 18.2 Å². The van der Waals surface area contributed by atoms with Crippen molar-refractivity contribution in [1.82, 2.24) is 0 Å². The van der Waals surface area contributed by atoms with E-state index in [0.29, 0.717) is 0 Å². The quantitative estimate of drug-likeness (QED) is 0.904. The molecule has 0 aromatic heterocycles. The summed E-state index contributed by atoms with van der Waals surface area (Å²) < 4.78 is 0. The van der Waals surface area contributed by atoms with E-state index in [0.717, 1.165) is 42.7 Å². The van der Waals surface area contributed by atoms with Gasteiger partial charge in [-0.1, -0.05) is 33.6 Å². The van der Waals surface area contributed by atoms with Gasteiger partial charge in [0.15, 0.2) is 0 Å². The number of carbonyl (C=O) groups is 2. The SMILES string of the molecule is CC(C)(C)C(=O)Nc1ccc2c(c1)CCN2C(=O)C1CCCC1. The van der Waals surface area contributed by atoms with Crippen molar-refractivity contribution in [1.29, 1.82) is 0 Å². The lowest BCUT2D eigenvalue weighted by Crippen LogP contribution is -2.33. The molecule has 0 saturated heterocycles. The second kappa shape index (κ2) is 5.99. The monoisotopic (exact) mass is 314 g/mol. The van der Waals surface area contributed by atoms with E-state index in [9.17, 15) is 9.59 Å². The highest BCUT2D eigenvalue weighted by Gasteiger charge is 2.32. The number of benzene rings is 1. The van der Waals surface area contributed by atoms with E-state index in [1.807, 2.05) is 43.9 Å². The predicted molar refractivity (Wildman–Crippen MR) is 92.5 cm³/mol. The van der Waals surface area contributed by atoms with E-state index in [2.05, 4.69) is 5.32 Å². The molecule has 1 aromatic carbocycles. The van der Waals surface area contributed by atoms with E-state index < -0.39 is 5.41 Å². The fourth-order valence-corrected chi connectivity index (χ4v) is 3.42. The number of carbonyl (C=O) groups excluding carboxylic acids is 2. The summed E-state index contributed by atoms with van der Waals surface area (Å²) in [7, 11) is 0. The molecule has 4 nitrogen and oxygen atoms in total. The van der Waals surface area contributed by atoms with Gasteiger partial charge in [0.2, 0.25) is 11.8 Å². The molecule has 2 aliphatic rings. The topological polar surface area (TPSA) is 49.4 Å². The molecule has 4 heteroatoms. The smallest absolute Gasteiger partial charge is 0.230 e. The summed E-state index contributed by atoms with van der Waals surface area (Å²) in [4.78, 5) is 26.7. The summed E-state index contributed by atoms with van der Waals surface area (Å²) in [6.07, 6.45) is 5.28. The van der Waals surface area contributed by atoms with Crippen LogP contribution in [0.4, 0.5) is 11.4 Å². The average molecular weight is 314 g/mol. The molecule has 2 amide bonds. The first-order valence-electron chi connectivity index (χ1n) is 8.62. The van der Waals surface area contributed by atoms with Gasteiger partial charge in [-0.15, -0.1) is 0 Å². The average Bonchev–Trinajstić information content (AvgIpc) is 3.15. The van der Waals surface area contributed by atoms with Crippen LogP contribution in [0.25, 0.3) is 0 Å². The molecule has 0 spiro atoms. The van der Waals surface area contributed by atoms with Crippen molar-refractivity contribution in [2.75, 3.05) is 16.8 Å². The molecule has 1 fully saturated rings. The zero-order valence-electron chi connectivity index (χ0n) is 14.3. The Balaban J connectivity index is 1.75. The Morgan fingerprint density at radius 3 is 2.52 bits per heavy atom. The summed E-state index contributed by atoms with van der Waals surface area (Å²) in [5.41, 5.74) is 2.58. The van der Waals surface area contributed by atoms with Crippen LogP contribution in [0.5, 0.6) is 0 Å². The normalized spacial score (nSPS) is 18.1. The largest absolute Gasteiger partial charge is 0.326 e. The maximum absolute atomic E-state index is 12.7. The van der Waals surface area contributed by atoms with Crippen LogP contribution in [0.1, 0.15) is 52.0 Å². The lowest BCUT2D eigenvalue weighted by molar-refractivity contribution is -0.123. The molecule has 1 aliphatic heterocycles. The number of rotatable bonds is 2. The van der Waals surface area contributed by atoms with Crippen LogP contribution >= 0.6 is 0 Å². The summed E-state index contributed by atoms with van der Waals surface area (Å²) >= 11 is 0. The maximum Gasteiger partial charge on any atom is 0.230 e. The highest BCUT2D eigenvalue weighted by molar-refractivity contribution is 5.98. The Bertz CT molecular complexity index is 625. The van der Waals surface area contributed by atoms with Crippen molar-refractivity contribution < 1.29 is 9.59 Å². The summed E-state index contributed by atoms with van der Waals surface area (Å²) in [6, 6.07) is 5.90. The molecule has 3 rings (SSSR count). The minimum Gasteiger partial charge on any atom is -0.326 e. The minimum absolute atomic E-state index is 0.00864. The molecular weight excluding hydrogens is 288 g/mol. The minimum atomic E-state index is -0.413. The zero-order valence-corrected chi connectivity index (χ0v) is 14.3. The number of nitrogens with one attached hydrogen (secondary N) is 1. The van der Waals surface area contributed by atoms with E-state index in [1.165, 1.54) is 12.8 Å². The molecule has 124 valence electrons. The number of hydrogen-bond donors (Lipinski definition) is 1. The number of anilines is 2. The lowest BCUT2D eigenvalue weighted by Gasteiger charge is -2.22. The Morgan fingerprint density at radius 2 is 1.87 bits per heavy atom. The van der Waals surface area contributed by atoms with Gasteiger partial charge in [0.25, 0.3) is 0 Å². The molecule has 1 N–H and O–H groups in total. The first-order chi connectivity index (χ1) is 10.9. The molecular formula is C19H26N2O2. The van der Waals surface area contributed by atoms with Gasteiger partial charge in [0, 0.05) is 29.3 Å². The molecule has 1 saturated carbocycles. The second-order valence-corrected chi connectivity index (χ2v) is 7.77. The fourth-order valence-electron chi connectivity index (χ4n) is 3.42. The van der Waals surface area contributed by atoms with Gasteiger partial charge in [-0.05, 0) is 43.0 Å². The molecule has 1 heterocycles. The fraction of sp³-hybridized carbons (Fsp3) is 0.579. The highest BCUT2D eigenvalue weighted by atomic mass is 16.2. The van der Waals surface area contributed by atoms with Gasteiger partial charge in [0.1, 0.15) is 0 Å². The van der Waals surface area contributed by atoms with Crippen molar-refractivity contribution in [2.45, 2.75) is 52.9 Å². The standard InChI is InChI=1S/C19H26N2O2/c1-19(2,3)18(23)20-15-8-9-16-14(12-15)10-11-21(16)17(22)13-6-4-5-7-13/h8-9,12-13H,4-7,10-11H2,1-3H3,(H,20,23). The van der Waals surface area contributed by atoms with Gasteiger partial charge in [0.05, 0.1) is 0 Å². The number of hydrogen-bond acceptors (Lipinski definition) is 2. The first kappa shape index (κ1) is 16.0. The highest BCUT2D eigenvalue weighted by Crippen LogP contribution is 2.35. The molecule has 1 aromatic rings. The predicted octanol–water partition coefficient (Wildman–Crippen LogP) is 3.75. The third kappa shape index (κ3) is 3.26. The number of amides is 2. The number of fused-ring (bicyclic) bond motifs is 1. The zero-order chi connectivity index (χ0) is 16.6. The van der Waals surface area contributed by atoms with Crippen molar-refractivity contribution in [3.63, 3.8) is 0 Å². The molecule has 0 radical (unpaired) electrons. The van der Waals surface area contributed by atoms with Gasteiger partial charge < -0.3 is 10.2 Å². The Labute approximate surface area is 138 Å². The van der Waals surface area contributed by atoms with Crippen molar-refractivity contribution in [3.05, 3.63) is 23.8 Å². The van der Waals surface area contributed by atoms with Crippen LogP contribution in [0.3, 0.4) is 0 Å². The van der Waals surface area contributed by atoms with Crippen LogP contribution < -0.4 is 10.2 Å².